The van der Waals surface area contributed by atoms with Crippen molar-refractivity contribution >= 4 is 11.9 Å². The first kappa shape index (κ1) is 11.2. The molecule has 1 saturated heterocycles. The van der Waals surface area contributed by atoms with Gasteiger partial charge in [0.15, 0.2) is 0 Å². The Morgan fingerprint density at radius 2 is 2.06 bits per heavy atom. The number of carboxylic acids is 1. The van der Waals surface area contributed by atoms with Gasteiger partial charge in [-0.3, -0.25) is 9.59 Å². The molecule has 4 heteroatoms. The molecule has 1 atom stereocenters. The second-order valence-electron chi connectivity index (χ2n) is 4.69. The SMILES string of the molecule is O=C(O)CC1CN(C(=O)C2CC=CCC2)C1. The molecule has 1 aliphatic carbocycles. The van der Waals surface area contributed by atoms with E-state index in [1.807, 2.05) is 0 Å². The van der Waals surface area contributed by atoms with Crippen LogP contribution in [0.2, 0.25) is 0 Å². The van der Waals surface area contributed by atoms with Crippen LogP contribution in [0.4, 0.5) is 0 Å². The van der Waals surface area contributed by atoms with Gasteiger partial charge in [-0.15, -0.1) is 0 Å². The van der Waals surface area contributed by atoms with Crippen molar-refractivity contribution in [2.24, 2.45) is 11.8 Å². The lowest BCUT2D eigenvalue weighted by atomic mass is 9.89. The fraction of sp³-hybridized carbons (Fsp3) is 0.667. The zero-order valence-electron chi connectivity index (χ0n) is 9.26. The molecule has 1 heterocycles. The number of allylic oxidation sites excluding steroid dienone is 2. The van der Waals surface area contributed by atoms with E-state index in [0.29, 0.717) is 13.1 Å². The summed E-state index contributed by atoms with van der Waals surface area (Å²) in [5.74, 6) is -0.250. The van der Waals surface area contributed by atoms with Gasteiger partial charge in [-0.1, -0.05) is 12.2 Å². The quantitative estimate of drug-likeness (QED) is 0.733. The van der Waals surface area contributed by atoms with Gasteiger partial charge in [-0.05, 0) is 19.3 Å². The van der Waals surface area contributed by atoms with E-state index in [-0.39, 0.29) is 24.2 Å². The first-order chi connectivity index (χ1) is 7.66. The topological polar surface area (TPSA) is 57.6 Å². The summed E-state index contributed by atoms with van der Waals surface area (Å²) in [5, 5.41) is 8.61. The molecule has 0 aromatic heterocycles. The normalized spacial score (nSPS) is 25.2. The summed E-state index contributed by atoms with van der Waals surface area (Å²) >= 11 is 0. The highest BCUT2D eigenvalue weighted by Gasteiger charge is 2.34. The lowest BCUT2D eigenvalue weighted by molar-refractivity contribution is -0.147. The molecule has 2 aliphatic rings. The fourth-order valence-corrected chi connectivity index (χ4v) is 2.40. The Labute approximate surface area is 94.9 Å². The highest BCUT2D eigenvalue weighted by atomic mass is 16.4. The summed E-state index contributed by atoms with van der Waals surface area (Å²) in [6.45, 7) is 1.26. The molecule has 1 N–H and O–H groups in total. The first-order valence-corrected chi connectivity index (χ1v) is 5.82. The van der Waals surface area contributed by atoms with Crippen molar-refractivity contribution in [3.8, 4) is 0 Å². The van der Waals surface area contributed by atoms with Gasteiger partial charge in [0.2, 0.25) is 5.91 Å². The van der Waals surface area contributed by atoms with Crippen LogP contribution in [0.3, 0.4) is 0 Å². The monoisotopic (exact) mass is 223 g/mol. The minimum Gasteiger partial charge on any atom is -0.481 e. The number of hydrogen-bond acceptors (Lipinski definition) is 2. The molecule has 1 fully saturated rings. The van der Waals surface area contributed by atoms with E-state index in [1.165, 1.54) is 0 Å². The third-order valence-electron chi connectivity index (χ3n) is 3.35. The van der Waals surface area contributed by atoms with E-state index in [4.69, 9.17) is 5.11 Å². The number of carboxylic acid groups (broad SMARTS) is 1. The maximum atomic E-state index is 12.0. The minimum atomic E-state index is -0.766. The highest BCUT2D eigenvalue weighted by molar-refractivity contribution is 5.80. The molecule has 4 nitrogen and oxygen atoms in total. The standard InChI is InChI=1S/C12H17NO3/c14-11(15)6-9-7-13(8-9)12(16)10-4-2-1-3-5-10/h1-2,9-10H,3-8H2,(H,14,15). The van der Waals surface area contributed by atoms with Crippen LogP contribution in [0.1, 0.15) is 25.7 Å². The Morgan fingerprint density at radius 3 is 2.62 bits per heavy atom. The van der Waals surface area contributed by atoms with Crippen molar-refractivity contribution in [1.29, 1.82) is 0 Å². The summed E-state index contributed by atoms with van der Waals surface area (Å²) in [6.07, 6.45) is 7.15. The number of aliphatic carboxylic acids is 1. The summed E-state index contributed by atoms with van der Waals surface area (Å²) < 4.78 is 0. The zero-order valence-corrected chi connectivity index (χ0v) is 9.26. The molecule has 88 valence electrons. The molecule has 16 heavy (non-hydrogen) atoms. The smallest absolute Gasteiger partial charge is 0.303 e. The Kier molecular flexibility index (Phi) is 3.27. The predicted molar refractivity (Wildman–Crippen MR) is 58.8 cm³/mol. The number of nitrogens with zero attached hydrogens (tertiary/aromatic N) is 1. The Balaban J connectivity index is 1.76. The third kappa shape index (κ3) is 2.43. The fourth-order valence-electron chi connectivity index (χ4n) is 2.40. The van der Waals surface area contributed by atoms with E-state index >= 15 is 0 Å². The molecular weight excluding hydrogens is 206 g/mol. The highest BCUT2D eigenvalue weighted by Crippen LogP contribution is 2.26. The molecule has 2 rings (SSSR count). The molecule has 0 aromatic rings. The van der Waals surface area contributed by atoms with Crippen molar-refractivity contribution in [3.05, 3.63) is 12.2 Å². The van der Waals surface area contributed by atoms with Crippen molar-refractivity contribution in [3.63, 3.8) is 0 Å². The van der Waals surface area contributed by atoms with Crippen LogP contribution >= 0.6 is 0 Å². The van der Waals surface area contributed by atoms with Crippen LogP contribution in [0.25, 0.3) is 0 Å². The van der Waals surface area contributed by atoms with Gasteiger partial charge >= 0.3 is 5.97 Å². The third-order valence-corrected chi connectivity index (χ3v) is 3.35. The van der Waals surface area contributed by atoms with Crippen LogP contribution in [-0.2, 0) is 9.59 Å². The van der Waals surface area contributed by atoms with Gasteiger partial charge in [0.25, 0.3) is 0 Å². The van der Waals surface area contributed by atoms with E-state index < -0.39 is 5.97 Å². The average Bonchev–Trinajstić information content (AvgIpc) is 2.23. The van der Waals surface area contributed by atoms with E-state index in [2.05, 4.69) is 12.2 Å². The van der Waals surface area contributed by atoms with Crippen LogP contribution < -0.4 is 0 Å². The van der Waals surface area contributed by atoms with Gasteiger partial charge in [0.1, 0.15) is 0 Å². The van der Waals surface area contributed by atoms with Crippen molar-refractivity contribution in [2.45, 2.75) is 25.7 Å². The van der Waals surface area contributed by atoms with Crippen molar-refractivity contribution in [1.82, 2.24) is 4.90 Å². The minimum absolute atomic E-state index is 0.135. The van der Waals surface area contributed by atoms with Crippen molar-refractivity contribution in [2.75, 3.05) is 13.1 Å². The van der Waals surface area contributed by atoms with Crippen LogP contribution in [0.15, 0.2) is 12.2 Å². The number of rotatable bonds is 3. The lowest BCUT2D eigenvalue weighted by Crippen LogP contribution is -2.52. The number of carbonyl (C=O) groups excluding carboxylic acids is 1. The molecular formula is C12H17NO3. The average molecular weight is 223 g/mol. The number of carbonyl (C=O) groups is 2. The molecule has 0 bridgehead atoms. The first-order valence-electron chi connectivity index (χ1n) is 5.82. The Morgan fingerprint density at radius 1 is 1.31 bits per heavy atom. The van der Waals surface area contributed by atoms with Gasteiger partial charge in [-0.2, -0.15) is 0 Å². The van der Waals surface area contributed by atoms with Crippen molar-refractivity contribution < 1.29 is 14.7 Å². The number of hydrogen-bond donors (Lipinski definition) is 1. The molecule has 0 aromatic carbocycles. The van der Waals surface area contributed by atoms with Gasteiger partial charge in [-0.25, -0.2) is 0 Å². The Hall–Kier alpha value is -1.32. The molecule has 1 aliphatic heterocycles. The zero-order chi connectivity index (χ0) is 11.5. The van der Waals surface area contributed by atoms with Crippen LogP contribution in [0.5, 0.6) is 0 Å². The van der Waals surface area contributed by atoms with Crippen LogP contribution in [0, 0.1) is 11.8 Å². The predicted octanol–water partition coefficient (Wildman–Crippen LogP) is 1.28. The maximum absolute atomic E-state index is 12.0. The Bertz CT molecular complexity index is 318. The molecule has 0 spiro atoms. The van der Waals surface area contributed by atoms with Gasteiger partial charge in [0.05, 0.1) is 6.42 Å². The summed E-state index contributed by atoms with van der Waals surface area (Å²) in [5.41, 5.74) is 0. The summed E-state index contributed by atoms with van der Waals surface area (Å²) in [4.78, 5) is 24.2. The molecule has 1 amide bonds. The largest absolute Gasteiger partial charge is 0.481 e. The summed E-state index contributed by atoms with van der Waals surface area (Å²) in [6, 6.07) is 0. The molecule has 0 saturated carbocycles. The van der Waals surface area contributed by atoms with Gasteiger partial charge in [0, 0.05) is 24.9 Å². The van der Waals surface area contributed by atoms with Crippen LogP contribution in [-0.4, -0.2) is 35.0 Å². The second-order valence-corrected chi connectivity index (χ2v) is 4.69. The second kappa shape index (κ2) is 4.68. The summed E-state index contributed by atoms with van der Waals surface area (Å²) in [7, 11) is 0. The molecule has 0 radical (unpaired) electrons. The van der Waals surface area contributed by atoms with Gasteiger partial charge < -0.3 is 10.0 Å². The van der Waals surface area contributed by atoms with E-state index in [1.54, 1.807) is 4.90 Å². The van der Waals surface area contributed by atoms with E-state index in [0.717, 1.165) is 19.3 Å². The molecule has 1 unspecified atom stereocenters. The number of amides is 1. The lowest BCUT2D eigenvalue weighted by Gasteiger charge is -2.40. The van der Waals surface area contributed by atoms with E-state index in [9.17, 15) is 9.59 Å². The number of likely N-dealkylation sites (tertiary alicyclic amines) is 1. The maximum Gasteiger partial charge on any atom is 0.303 e.